The van der Waals surface area contributed by atoms with Crippen LogP contribution < -0.4 is 4.74 Å². The topological polar surface area (TPSA) is 82.4 Å². The molecule has 6 nitrogen and oxygen atoms in total. The summed E-state index contributed by atoms with van der Waals surface area (Å²) < 4.78 is 11.1. The summed E-state index contributed by atoms with van der Waals surface area (Å²) in [5, 5.41) is 29.0. The van der Waals surface area contributed by atoms with Gasteiger partial charge in [0.15, 0.2) is 0 Å². The Morgan fingerprint density at radius 1 is 1.08 bits per heavy atom. The van der Waals surface area contributed by atoms with Gasteiger partial charge in [-0.2, -0.15) is 0 Å². The van der Waals surface area contributed by atoms with Crippen molar-refractivity contribution >= 4 is 0 Å². The zero-order valence-corrected chi connectivity index (χ0v) is 13.9. The second kappa shape index (κ2) is 8.27. The maximum absolute atomic E-state index is 9.72. The first-order valence-corrected chi connectivity index (χ1v) is 8.68. The van der Waals surface area contributed by atoms with Crippen LogP contribution in [0.3, 0.4) is 0 Å². The van der Waals surface area contributed by atoms with Crippen molar-refractivity contribution in [2.75, 3.05) is 39.5 Å². The highest BCUT2D eigenvalue weighted by Gasteiger charge is 2.32. The quantitative estimate of drug-likeness (QED) is 0.680. The molecule has 0 aliphatic carbocycles. The van der Waals surface area contributed by atoms with Gasteiger partial charge in [-0.1, -0.05) is 12.1 Å². The summed E-state index contributed by atoms with van der Waals surface area (Å²) in [6, 6.07) is 8.06. The Bertz CT molecular complexity index is 491. The number of hydrogen-bond acceptors (Lipinski definition) is 6. The van der Waals surface area contributed by atoms with E-state index in [2.05, 4.69) is 0 Å². The fraction of sp³-hybridized carbons (Fsp3) is 0.667. The summed E-state index contributed by atoms with van der Waals surface area (Å²) in [7, 11) is 0. The van der Waals surface area contributed by atoms with Gasteiger partial charge in [-0.05, 0) is 30.5 Å². The molecular formula is C18H27NO5. The molecule has 1 unspecified atom stereocenters. The number of aliphatic hydroxyl groups excluding tert-OH is 3. The Labute approximate surface area is 142 Å². The first kappa shape index (κ1) is 17.6. The number of β-amino-alcohol motifs (C(OH)–C–C–N with tert-alkyl or cyclic N) is 2. The Morgan fingerprint density at radius 3 is 2.42 bits per heavy atom. The third-order valence-corrected chi connectivity index (χ3v) is 4.83. The van der Waals surface area contributed by atoms with Crippen molar-refractivity contribution in [3.8, 4) is 5.75 Å². The van der Waals surface area contributed by atoms with Crippen LogP contribution in [0.1, 0.15) is 12.0 Å². The zero-order valence-electron chi connectivity index (χ0n) is 13.9. The van der Waals surface area contributed by atoms with Crippen molar-refractivity contribution in [3.05, 3.63) is 29.8 Å². The fourth-order valence-corrected chi connectivity index (χ4v) is 3.23. The average molecular weight is 337 g/mol. The van der Waals surface area contributed by atoms with Crippen molar-refractivity contribution in [1.29, 1.82) is 0 Å². The number of piperidine rings is 1. The van der Waals surface area contributed by atoms with E-state index in [0.717, 1.165) is 38.3 Å². The molecule has 2 saturated heterocycles. The van der Waals surface area contributed by atoms with E-state index < -0.39 is 18.3 Å². The molecule has 2 aliphatic heterocycles. The molecule has 4 atom stereocenters. The molecule has 1 aromatic rings. The summed E-state index contributed by atoms with van der Waals surface area (Å²) >= 11 is 0. The van der Waals surface area contributed by atoms with Crippen molar-refractivity contribution in [2.45, 2.75) is 31.2 Å². The molecule has 0 bridgehead atoms. The highest BCUT2D eigenvalue weighted by molar-refractivity contribution is 5.27. The second-order valence-corrected chi connectivity index (χ2v) is 6.82. The molecule has 0 amide bonds. The highest BCUT2D eigenvalue weighted by Crippen LogP contribution is 2.18. The van der Waals surface area contributed by atoms with Crippen LogP contribution >= 0.6 is 0 Å². The predicted molar refractivity (Wildman–Crippen MR) is 89.0 cm³/mol. The fourth-order valence-electron chi connectivity index (χ4n) is 3.23. The van der Waals surface area contributed by atoms with Crippen LogP contribution in [0.4, 0.5) is 0 Å². The molecule has 24 heavy (non-hydrogen) atoms. The first-order valence-electron chi connectivity index (χ1n) is 8.68. The number of aliphatic hydroxyl groups is 3. The molecule has 3 rings (SSSR count). The van der Waals surface area contributed by atoms with E-state index in [9.17, 15) is 15.3 Å². The Balaban J connectivity index is 1.42. The van der Waals surface area contributed by atoms with E-state index >= 15 is 0 Å². The molecule has 3 N–H and O–H groups in total. The van der Waals surface area contributed by atoms with Crippen LogP contribution in [0.15, 0.2) is 24.3 Å². The van der Waals surface area contributed by atoms with E-state index in [1.807, 2.05) is 29.2 Å². The summed E-state index contributed by atoms with van der Waals surface area (Å²) in [6.45, 7) is 3.85. The Hall–Kier alpha value is -1.18. The number of rotatable bonds is 6. The van der Waals surface area contributed by atoms with Gasteiger partial charge in [0.1, 0.15) is 11.9 Å². The van der Waals surface area contributed by atoms with Crippen LogP contribution in [0.2, 0.25) is 0 Å². The van der Waals surface area contributed by atoms with Crippen LogP contribution in [0.5, 0.6) is 5.75 Å². The number of benzene rings is 1. The molecule has 0 spiro atoms. The lowest BCUT2D eigenvalue weighted by Gasteiger charge is -2.36. The predicted octanol–water partition coefficient (Wildman–Crippen LogP) is 0.0427. The van der Waals surface area contributed by atoms with Gasteiger partial charge in [-0.3, -0.25) is 4.90 Å². The zero-order chi connectivity index (χ0) is 16.9. The van der Waals surface area contributed by atoms with Gasteiger partial charge >= 0.3 is 0 Å². The molecule has 6 heteroatoms. The third kappa shape index (κ3) is 4.68. The summed E-state index contributed by atoms with van der Waals surface area (Å²) in [4.78, 5) is 1.98. The number of likely N-dealkylation sites (tertiary alicyclic amines) is 1. The Kier molecular flexibility index (Phi) is 6.08. The molecule has 0 radical (unpaired) electrons. The van der Waals surface area contributed by atoms with Gasteiger partial charge < -0.3 is 24.8 Å². The lowest BCUT2D eigenvalue weighted by Crippen LogP contribution is -2.55. The van der Waals surface area contributed by atoms with E-state index in [1.165, 1.54) is 5.56 Å². The van der Waals surface area contributed by atoms with E-state index in [-0.39, 0.29) is 0 Å². The molecule has 134 valence electrons. The van der Waals surface area contributed by atoms with E-state index in [0.29, 0.717) is 25.6 Å². The van der Waals surface area contributed by atoms with Crippen molar-refractivity contribution < 1.29 is 24.8 Å². The van der Waals surface area contributed by atoms with Crippen molar-refractivity contribution in [3.63, 3.8) is 0 Å². The van der Waals surface area contributed by atoms with Crippen molar-refractivity contribution in [1.82, 2.24) is 4.90 Å². The lowest BCUT2D eigenvalue weighted by molar-refractivity contribution is -0.109. The summed E-state index contributed by atoms with van der Waals surface area (Å²) in [5.74, 6) is 1.37. The van der Waals surface area contributed by atoms with Crippen LogP contribution in [0, 0.1) is 5.92 Å². The minimum atomic E-state index is -1.04. The second-order valence-electron chi connectivity index (χ2n) is 6.82. The average Bonchev–Trinajstić information content (AvgIpc) is 3.10. The van der Waals surface area contributed by atoms with E-state index in [4.69, 9.17) is 9.47 Å². The van der Waals surface area contributed by atoms with E-state index in [1.54, 1.807) is 0 Å². The number of hydrogen-bond donors (Lipinski definition) is 3. The van der Waals surface area contributed by atoms with Gasteiger partial charge in [-0.15, -0.1) is 0 Å². The smallest absolute Gasteiger partial charge is 0.119 e. The minimum absolute atomic E-state index is 0.392. The summed E-state index contributed by atoms with van der Waals surface area (Å²) in [6.07, 6.45) is -0.914. The van der Waals surface area contributed by atoms with Crippen LogP contribution in [0.25, 0.3) is 0 Å². The SMILES string of the molecule is O[C@H]1[C@H](O)CN(CCc2ccc(OCC3CCOC3)cc2)C[C@@H]1O. The minimum Gasteiger partial charge on any atom is -0.493 e. The molecule has 2 heterocycles. The molecular weight excluding hydrogens is 310 g/mol. The van der Waals surface area contributed by atoms with Gasteiger partial charge in [0.25, 0.3) is 0 Å². The van der Waals surface area contributed by atoms with Crippen LogP contribution in [-0.4, -0.2) is 78.0 Å². The van der Waals surface area contributed by atoms with Crippen LogP contribution in [-0.2, 0) is 11.2 Å². The highest BCUT2D eigenvalue weighted by atomic mass is 16.5. The molecule has 0 aromatic heterocycles. The van der Waals surface area contributed by atoms with Gasteiger partial charge in [-0.25, -0.2) is 0 Å². The normalized spacial score (nSPS) is 31.3. The van der Waals surface area contributed by atoms with Gasteiger partial charge in [0.05, 0.1) is 25.4 Å². The third-order valence-electron chi connectivity index (χ3n) is 4.83. The Morgan fingerprint density at radius 2 is 1.79 bits per heavy atom. The molecule has 2 aliphatic rings. The molecule has 2 fully saturated rings. The van der Waals surface area contributed by atoms with Crippen molar-refractivity contribution in [2.24, 2.45) is 5.92 Å². The maximum atomic E-state index is 9.72. The molecule has 0 saturated carbocycles. The maximum Gasteiger partial charge on any atom is 0.119 e. The standard InChI is InChI=1S/C18H27NO5/c20-16-9-19(10-17(21)18(16)22)7-5-13-1-3-15(4-2-13)24-12-14-6-8-23-11-14/h1-4,14,16-18,20-22H,5-12H2/t14?,16-,17+,18+. The van der Waals surface area contributed by atoms with Gasteiger partial charge in [0, 0.05) is 32.2 Å². The largest absolute Gasteiger partial charge is 0.493 e. The van der Waals surface area contributed by atoms with Gasteiger partial charge in [0.2, 0.25) is 0 Å². The monoisotopic (exact) mass is 337 g/mol. The first-order chi connectivity index (χ1) is 11.6. The number of nitrogens with zero attached hydrogens (tertiary/aromatic N) is 1. The number of ether oxygens (including phenoxy) is 2. The molecule has 1 aromatic carbocycles. The summed E-state index contributed by atoms with van der Waals surface area (Å²) in [5.41, 5.74) is 1.18. The lowest BCUT2D eigenvalue weighted by atomic mass is 10.0.